The second-order valence-corrected chi connectivity index (χ2v) is 6.46. The third-order valence-corrected chi connectivity index (χ3v) is 4.81. The van der Waals surface area contributed by atoms with Gasteiger partial charge < -0.3 is 10.2 Å². The summed E-state index contributed by atoms with van der Waals surface area (Å²) in [4.78, 5) is 31.6. The first-order valence-corrected chi connectivity index (χ1v) is 8.68. The molecule has 2 heterocycles. The summed E-state index contributed by atoms with van der Waals surface area (Å²) >= 11 is 0. The zero-order valence-corrected chi connectivity index (χ0v) is 14.6. The van der Waals surface area contributed by atoms with Crippen molar-refractivity contribution >= 4 is 11.8 Å². The quantitative estimate of drug-likeness (QED) is 0.882. The molecule has 0 aliphatic carbocycles. The molecule has 1 aliphatic rings. The van der Waals surface area contributed by atoms with E-state index < -0.39 is 6.04 Å². The van der Waals surface area contributed by atoms with Gasteiger partial charge in [-0.2, -0.15) is 0 Å². The maximum Gasteiger partial charge on any atom is 0.255 e. The minimum absolute atomic E-state index is 0.0612. The molecular weight excluding hydrogens is 314 g/mol. The first kappa shape index (κ1) is 17.1. The SMILES string of the molecule is CC[C@H](C)[C@H](C(=O)NCc1ccccn1)N1Cc2ccccc2C1=O. The molecule has 25 heavy (non-hydrogen) atoms. The number of hydrogen-bond acceptors (Lipinski definition) is 3. The predicted molar refractivity (Wildman–Crippen MR) is 95.6 cm³/mol. The van der Waals surface area contributed by atoms with Gasteiger partial charge in [0.1, 0.15) is 6.04 Å². The predicted octanol–water partition coefficient (Wildman–Crippen LogP) is 2.77. The van der Waals surface area contributed by atoms with Crippen LogP contribution in [0.1, 0.15) is 41.9 Å². The molecule has 1 aliphatic heterocycles. The van der Waals surface area contributed by atoms with E-state index in [0.717, 1.165) is 17.7 Å². The van der Waals surface area contributed by atoms with E-state index in [-0.39, 0.29) is 17.7 Å². The summed E-state index contributed by atoms with van der Waals surface area (Å²) in [7, 11) is 0. The van der Waals surface area contributed by atoms with Gasteiger partial charge in [0.2, 0.25) is 5.91 Å². The molecule has 0 unspecified atom stereocenters. The van der Waals surface area contributed by atoms with Crippen LogP contribution in [0.5, 0.6) is 0 Å². The van der Waals surface area contributed by atoms with Crippen LogP contribution in [0, 0.1) is 5.92 Å². The van der Waals surface area contributed by atoms with E-state index in [1.165, 1.54) is 0 Å². The van der Waals surface area contributed by atoms with Gasteiger partial charge in [0.15, 0.2) is 0 Å². The largest absolute Gasteiger partial charge is 0.349 e. The highest BCUT2D eigenvalue weighted by molar-refractivity contribution is 6.01. The Kier molecular flexibility index (Phi) is 5.12. The highest BCUT2D eigenvalue weighted by atomic mass is 16.2. The first-order chi connectivity index (χ1) is 12.1. The van der Waals surface area contributed by atoms with Crippen LogP contribution >= 0.6 is 0 Å². The molecule has 5 heteroatoms. The van der Waals surface area contributed by atoms with Crippen molar-refractivity contribution in [1.29, 1.82) is 0 Å². The van der Waals surface area contributed by atoms with Gasteiger partial charge in [-0.25, -0.2) is 0 Å². The molecule has 2 atom stereocenters. The number of rotatable bonds is 6. The van der Waals surface area contributed by atoms with Crippen LogP contribution in [0.25, 0.3) is 0 Å². The third kappa shape index (κ3) is 3.55. The Bertz CT molecular complexity index is 761. The van der Waals surface area contributed by atoms with E-state index in [4.69, 9.17) is 0 Å². The zero-order valence-electron chi connectivity index (χ0n) is 14.6. The fraction of sp³-hybridized carbons (Fsp3) is 0.350. The van der Waals surface area contributed by atoms with Crippen LogP contribution in [-0.4, -0.2) is 27.7 Å². The molecule has 0 fully saturated rings. The summed E-state index contributed by atoms with van der Waals surface area (Å²) in [6.07, 6.45) is 2.52. The van der Waals surface area contributed by atoms with Crippen LogP contribution in [0.3, 0.4) is 0 Å². The van der Waals surface area contributed by atoms with Crippen LogP contribution < -0.4 is 5.32 Å². The molecule has 0 saturated heterocycles. The summed E-state index contributed by atoms with van der Waals surface area (Å²) in [5, 5.41) is 2.94. The average Bonchev–Trinajstić information content (AvgIpc) is 2.97. The number of carbonyl (C=O) groups excluding carboxylic acids is 2. The van der Waals surface area contributed by atoms with Crippen molar-refractivity contribution in [2.75, 3.05) is 0 Å². The summed E-state index contributed by atoms with van der Waals surface area (Å²) in [5.41, 5.74) is 2.49. The van der Waals surface area contributed by atoms with Crippen molar-refractivity contribution in [3.8, 4) is 0 Å². The van der Waals surface area contributed by atoms with Gasteiger partial charge in [0.25, 0.3) is 5.91 Å². The Morgan fingerprint density at radius 2 is 2.00 bits per heavy atom. The molecular formula is C20H23N3O2. The first-order valence-electron chi connectivity index (χ1n) is 8.68. The third-order valence-electron chi connectivity index (χ3n) is 4.81. The van der Waals surface area contributed by atoms with Crippen LogP contribution in [0.4, 0.5) is 0 Å². The van der Waals surface area contributed by atoms with E-state index in [1.54, 1.807) is 11.1 Å². The van der Waals surface area contributed by atoms with Crippen molar-refractivity contribution in [3.63, 3.8) is 0 Å². The van der Waals surface area contributed by atoms with E-state index in [2.05, 4.69) is 10.3 Å². The molecule has 1 aromatic heterocycles. The standard InChI is InChI=1S/C20H23N3O2/c1-3-14(2)18(19(24)22-12-16-9-6-7-11-21-16)23-13-15-8-4-5-10-17(15)20(23)25/h4-11,14,18H,3,12-13H2,1-2H3,(H,22,24)/t14-,18+/m0/s1. The number of pyridine rings is 1. The number of carbonyl (C=O) groups is 2. The Morgan fingerprint density at radius 3 is 2.68 bits per heavy atom. The Balaban J connectivity index is 1.76. The van der Waals surface area contributed by atoms with Crippen molar-refractivity contribution in [2.24, 2.45) is 5.92 Å². The van der Waals surface area contributed by atoms with Crippen LogP contribution in [0.2, 0.25) is 0 Å². The second-order valence-electron chi connectivity index (χ2n) is 6.46. The van der Waals surface area contributed by atoms with Crippen molar-refractivity contribution in [1.82, 2.24) is 15.2 Å². The number of nitrogens with one attached hydrogen (secondary N) is 1. The normalized spacial score (nSPS) is 15.6. The lowest BCUT2D eigenvalue weighted by atomic mass is 9.96. The fourth-order valence-corrected chi connectivity index (χ4v) is 3.22. The zero-order chi connectivity index (χ0) is 17.8. The van der Waals surface area contributed by atoms with Gasteiger partial charge in [0, 0.05) is 18.3 Å². The Morgan fingerprint density at radius 1 is 1.24 bits per heavy atom. The molecule has 0 saturated carbocycles. The van der Waals surface area contributed by atoms with Crippen LogP contribution in [0.15, 0.2) is 48.7 Å². The molecule has 0 bridgehead atoms. The smallest absolute Gasteiger partial charge is 0.255 e. The molecule has 0 spiro atoms. The number of amides is 2. The summed E-state index contributed by atoms with van der Waals surface area (Å²) < 4.78 is 0. The molecule has 2 aromatic rings. The van der Waals surface area contributed by atoms with E-state index in [9.17, 15) is 9.59 Å². The lowest BCUT2D eigenvalue weighted by Crippen LogP contribution is -2.50. The molecule has 130 valence electrons. The topological polar surface area (TPSA) is 62.3 Å². The van der Waals surface area contributed by atoms with Gasteiger partial charge in [0.05, 0.1) is 12.2 Å². The highest BCUT2D eigenvalue weighted by Crippen LogP contribution is 2.28. The number of nitrogens with zero attached hydrogens (tertiary/aromatic N) is 2. The molecule has 3 rings (SSSR count). The van der Waals surface area contributed by atoms with Crippen molar-refractivity contribution in [3.05, 3.63) is 65.5 Å². The minimum atomic E-state index is -0.478. The monoisotopic (exact) mass is 337 g/mol. The fourth-order valence-electron chi connectivity index (χ4n) is 3.22. The van der Waals surface area contributed by atoms with Crippen LogP contribution in [-0.2, 0) is 17.9 Å². The van der Waals surface area contributed by atoms with Gasteiger partial charge in [-0.05, 0) is 29.7 Å². The number of hydrogen-bond donors (Lipinski definition) is 1. The lowest BCUT2D eigenvalue weighted by Gasteiger charge is -2.31. The Hall–Kier alpha value is -2.69. The highest BCUT2D eigenvalue weighted by Gasteiger charge is 2.38. The Labute approximate surface area is 148 Å². The lowest BCUT2D eigenvalue weighted by molar-refractivity contribution is -0.127. The van der Waals surface area contributed by atoms with Gasteiger partial charge in [-0.1, -0.05) is 44.5 Å². The van der Waals surface area contributed by atoms with Gasteiger partial charge in [-0.3, -0.25) is 14.6 Å². The summed E-state index contributed by atoms with van der Waals surface area (Å²) in [5.74, 6) is -0.114. The minimum Gasteiger partial charge on any atom is -0.349 e. The maximum atomic E-state index is 12.9. The van der Waals surface area contributed by atoms with E-state index >= 15 is 0 Å². The number of fused-ring (bicyclic) bond motifs is 1. The van der Waals surface area contributed by atoms with Gasteiger partial charge in [-0.15, -0.1) is 0 Å². The molecule has 1 N–H and O–H groups in total. The molecule has 1 aromatic carbocycles. The van der Waals surface area contributed by atoms with Crippen molar-refractivity contribution < 1.29 is 9.59 Å². The number of aromatic nitrogens is 1. The van der Waals surface area contributed by atoms with Crippen molar-refractivity contribution in [2.45, 2.75) is 39.4 Å². The maximum absolute atomic E-state index is 12.9. The summed E-state index contributed by atoms with van der Waals surface area (Å²) in [6.45, 7) is 4.90. The second kappa shape index (κ2) is 7.47. The molecule has 5 nitrogen and oxygen atoms in total. The molecule has 0 radical (unpaired) electrons. The summed E-state index contributed by atoms with van der Waals surface area (Å²) in [6, 6.07) is 12.7. The molecule has 2 amide bonds. The van der Waals surface area contributed by atoms with E-state index in [1.807, 2.05) is 56.3 Å². The average molecular weight is 337 g/mol. The number of benzene rings is 1. The van der Waals surface area contributed by atoms with E-state index in [0.29, 0.717) is 18.7 Å². The van der Waals surface area contributed by atoms with Gasteiger partial charge >= 0.3 is 0 Å².